The molecule has 1 aromatic carbocycles. The van der Waals surface area contributed by atoms with Crippen LogP contribution in [0.3, 0.4) is 0 Å². The number of rotatable bonds is 10. The molecule has 0 fully saturated rings. The van der Waals surface area contributed by atoms with Crippen LogP contribution in [0.5, 0.6) is 0 Å². The van der Waals surface area contributed by atoms with Gasteiger partial charge in [-0.15, -0.1) is 0 Å². The lowest BCUT2D eigenvalue weighted by Gasteiger charge is -2.26. The van der Waals surface area contributed by atoms with E-state index in [9.17, 15) is 9.59 Å². The van der Waals surface area contributed by atoms with Gasteiger partial charge in [0.1, 0.15) is 12.1 Å². The predicted octanol–water partition coefficient (Wildman–Crippen LogP) is 2.91. The smallest absolute Gasteiger partial charge is 0.251 e. The molecule has 0 aliphatic heterocycles. The van der Waals surface area contributed by atoms with Gasteiger partial charge in [0.2, 0.25) is 5.91 Å². The van der Waals surface area contributed by atoms with E-state index in [0.29, 0.717) is 30.9 Å². The number of hydrogen-bond donors (Lipinski definition) is 1. The summed E-state index contributed by atoms with van der Waals surface area (Å²) < 4.78 is 8.37. The molecule has 0 aliphatic carbocycles. The zero-order chi connectivity index (χ0) is 22.2. The minimum absolute atomic E-state index is 0.0896. The van der Waals surface area contributed by atoms with Crippen LogP contribution in [0.4, 0.5) is 11.4 Å². The fraction of sp³-hybridized carbons (Fsp3) is 0.364. The van der Waals surface area contributed by atoms with Gasteiger partial charge >= 0.3 is 0 Å². The second kappa shape index (κ2) is 10.5. The van der Waals surface area contributed by atoms with E-state index in [1.807, 2.05) is 19.1 Å². The maximum Gasteiger partial charge on any atom is 0.251 e. The molecule has 2 atom stereocenters. The van der Waals surface area contributed by atoms with Crippen molar-refractivity contribution in [3.63, 3.8) is 0 Å². The Morgan fingerprint density at radius 2 is 1.74 bits per heavy atom. The summed E-state index contributed by atoms with van der Waals surface area (Å²) in [4.78, 5) is 27.6. The number of hydrogen-bond acceptors (Lipinski definition) is 5. The highest BCUT2D eigenvalue weighted by atomic mass is 16.5. The third-order valence-corrected chi connectivity index (χ3v) is 5.00. The molecule has 0 spiro atoms. The molecule has 3 aromatic rings. The van der Waals surface area contributed by atoms with E-state index in [1.54, 1.807) is 77.3 Å². The summed E-state index contributed by atoms with van der Waals surface area (Å²) in [5, 5.41) is 11.2. The lowest BCUT2D eigenvalue weighted by Crippen LogP contribution is -2.37. The number of nitrogens with one attached hydrogen (secondary N) is 1. The highest BCUT2D eigenvalue weighted by Crippen LogP contribution is 2.23. The van der Waals surface area contributed by atoms with Crippen molar-refractivity contribution in [1.29, 1.82) is 0 Å². The first-order valence-electron chi connectivity index (χ1n) is 10.2. The third-order valence-electron chi connectivity index (χ3n) is 5.00. The number of ether oxygens (including phenoxy) is 1. The lowest BCUT2D eigenvalue weighted by molar-refractivity contribution is -0.121. The van der Waals surface area contributed by atoms with Crippen LogP contribution in [0.2, 0.25) is 0 Å². The molecule has 9 nitrogen and oxygen atoms in total. The van der Waals surface area contributed by atoms with Crippen molar-refractivity contribution in [3.05, 3.63) is 61.2 Å². The number of anilines is 2. The molecule has 0 bridgehead atoms. The van der Waals surface area contributed by atoms with Crippen LogP contribution in [0.15, 0.2) is 61.2 Å². The van der Waals surface area contributed by atoms with Crippen molar-refractivity contribution in [2.24, 2.45) is 0 Å². The van der Waals surface area contributed by atoms with Gasteiger partial charge in [-0.3, -0.25) is 19.0 Å². The molecule has 2 aromatic heterocycles. The zero-order valence-corrected chi connectivity index (χ0v) is 18.0. The minimum atomic E-state index is -0.462. The van der Waals surface area contributed by atoms with E-state index in [-0.39, 0.29) is 11.8 Å². The fourth-order valence-corrected chi connectivity index (χ4v) is 3.21. The maximum absolute atomic E-state index is 13.3. The maximum atomic E-state index is 13.3. The van der Waals surface area contributed by atoms with Crippen molar-refractivity contribution in [2.75, 3.05) is 30.5 Å². The number of carbonyl (C=O) groups is 2. The number of carbonyl (C=O) groups excluding carboxylic acids is 2. The Bertz CT molecular complexity index is 971. The average Bonchev–Trinajstić information content (AvgIpc) is 3.50. The molecule has 3 rings (SSSR count). The average molecular weight is 425 g/mol. The van der Waals surface area contributed by atoms with Gasteiger partial charge in [0.25, 0.3) is 5.91 Å². The van der Waals surface area contributed by atoms with Gasteiger partial charge < -0.3 is 15.0 Å². The Morgan fingerprint density at radius 1 is 1.06 bits per heavy atom. The molecular weight excluding hydrogens is 396 g/mol. The van der Waals surface area contributed by atoms with Gasteiger partial charge in [0.15, 0.2) is 0 Å². The Hall–Kier alpha value is -3.46. The fourth-order valence-electron chi connectivity index (χ4n) is 3.21. The van der Waals surface area contributed by atoms with E-state index >= 15 is 0 Å². The topological polar surface area (TPSA) is 94.3 Å². The van der Waals surface area contributed by atoms with E-state index in [4.69, 9.17) is 4.74 Å². The van der Waals surface area contributed by atoms with Crippen molar-refractivity contribution >= 4 is 23.2 Å². The third kappa shape index (κ3) is 5.58. The molecule has 2 amide bonds. The highest BCUT2D eigenvalue weighted by molar-refractivity contribution is 5.98. The molecule has 31 heavy (non-hydrogen) atoms. The lowest BCUT2D eigenvalue weighted by atomic mass is 10.2. The number of amides is 2. The van der Waals surface area contributed by atoms with Crippen LogP contribution in [0, 0.1) is 0 Å². The predicted molar refractivity (Wildman–Crippen MR) is 118 cm³/mol. The Morgan fingerprint density at radius 3 is 2.35 bits per heavy atom. The molecule has 0 saturated carbocycles. The summed E-state index contributed by atoms with van der Waals surface area (Å²) in [7, 11) is 1.63. The zero-order valence-electron chi connectivity index (χ0n) is 18.0. The SMILES string of the molecule is COCCCN(C(=O)[C@@H](C)n1cccn1)c1cccc(NC(=O)[C@H](C)n2cccn2)c1. The van der Waals surface area contributed by atoms with Gasteiger partial charge in [-0.25, -0.2) is 0 Å². The van der Waals surface area contributed by atoms with E-state index in [2.05, 4.69) is 15.5 Å². The van der Waals surface area contributed by atoms with Gasteiger partial charge in [-0.1, -0.05) is 6.07 Å². The largest absolute Gasteiger partial charge is 0.385 e. The van der Waals surface area contributed by atoms with Crippen molar-refractivity contribution < 1.29 is 14.3 Å². The standard InChI is InChI=1S/C22H28N6O3/c1-17(27-13-5-10-23-27)21(29)25-19-8-4-9-20(16-19)26(12-7-15-31-3)22(30)18(2)28-14-6-11-24-28/h4-6,8-11,13-14,16-18H,7,12,15H2,1-3H3,(H,25,29)/t17-,18+/m0/s1. The summed E-state index contributed by atoms with van der Waals surface area (Å²) in [5.41, 5.74) is 1.31. The van der Waals surface area contributed by atoms with Gasteiger partial charge in [0.05, 0.1) is 0 Å². The number of benzene rings is 1. The molecule has 164 valence electrons. The van der Waals surface area contributed by atoms with Crippen LogP contribution < -0.4 is 10.2 Å². The van der Waals surface area contributed by atoms with Gasteiger partial charge in [-0.2, -0.15) is 10.2 Å². The summed E-state index contributed by atoms with van der Waals surface area (Å²) in [6.45, 7) is 4.62. The number of methoxy groups -OCH3 is 1. The second-order valence-corrected chi connectivity index (χ2v) is 7.20. The van der Waals surface area contributed by atoms with Crippen LogP contribution in [-0.2, 0) is 14.3 Å². The number of aromatic nitrogens is 4. The summed E-state index contributed by atoms with van der Waals surface area (Å²) in [5.74, 6) is -0.281. The van der Waals surface area contributed by atoms with Crippen molar-refractivity contribution in [2.45, 2.75) is 32.4 Å². The summed E-state index contributed by atoms with van der Waals surface area (Å²) in [6, 6.07) is 9.91. The van der Waals surface area contributed by atoms with Crippen molar-refractivity contribution in [3.8, 4) is 0 Å². The molecule has 1 N–H and O–H groups in total. The van der Waals surface area contributed by atoms with E-state index in [0.717, 1.165) is 0 Å². The Kier molecular flexibility index (Phi) is 7.55. The first kappa shape index (κ1) is 22.2. The van der Waals surface area contributed by atoms with Crippen LogP contribution in [-0.4, -0.2) is 51.6 Å². The molecule has 0 saturated heterocycles. The monoisotopic (exact) mass is 424 g/mol. The molecule has 0 aliphatic rings. The van der Waals surface area contributed by atoms with Crippen LogP contribution in [0.25, 0.3) is 0 Å². The Labute approximate surface area is 181 Å². The molecule has 0 radical (unpaired) electrons. The molecule has 9 heteroatoms. The number of nitrogens with zero attached hydrogens (tertiary/aromatic N) is 5. The molecule has 2 heterocycles. The van der Waals surface area contributed by atoms with E-state index < -0.39 is 12.1 Å². The first-order valence-corrected chi connectivity index (χ1v) is 10.2. The second-order valence-electron chi connectivity index (χ2n) is 7.20. The van der Waals surface area contributed by atoms with Gasteiger partial charge in [0, 0.05) is 56.4 Å². The quantitative estimate of drug-likeness (QED) is 0.505. The highest BCUT2D eigenvalue weighted by Gasteiger charge is 2.24. The van der Waals surface area contributed by atoms with E-state index in [1.165, 1.54) is 0 Å². The van der Waals surface area contributed by atoms with Gasteiger partial charge in [-0.05, 0) is 50.6 Å². The summed E-state index contributed by atoms with van der Waals surface area (Å²) >= 11 is 0. The van der Waals surface area contributed by atoms with Crippen LogP contribution in [0.1, 0.15) is 32.4 Å². The minimum Gasteiger partial charge on any atom is -0.385 e. The normalized spacial score (nSPS) is 12.9. The molecule has 0 unspecified atom stereocenters. The van der Waals surface area contributed by atoms with Crippen molar-refractivity contribution in [1.82, 2.24) is 19.6 Å². The first-order chi connectivity index (χ1) is 15.0. The summed E-state index contributed by atoms with van der Waals surface area (Å²) in [6.07, 6.45) is 7.47. The molecular formula is C22H28N6O3. The van der Waals surface area contributed by atoms with Crippen LogP contribution >= 0.6 is 0 Å². The Balaban J connectivity index is 1.78.